The molecule has 142 valence electrons. The first kappa shape index (κ1) is 20.0. The Morgan fingerprint density at radius 3 is 1.84 bits per heavy atom. The monoisotopic (exact) mass is 389 g/mol. The molecular weight excluding hydrogens is 372 g/mol. The van der Waals surface area contributed by atoms with Crippen molar-refractivity contribution < 1.29 is 34.8 Å². The minimum Gasteiger partial charge on any atom is -0.208 e. The second kappa shape index (κ2) is 6.79. The Kier molecular flexibility index (Phi) is 5.44. The van der Waals surface area contributed by atoms with Crippen LogP contribution in [0, 0.1) is 5.92 Å². The van der Waals surface area contributed by atoms with E-state index in [1.165, 1.54) is 0 Å². The Morgan fingerprint density at radius 2 is 1.40 bits per heavy atom. The molecule has 1 fully saturated rings. The van der Waals surface area contributed by atoms with Gasteiger partial charge >= 0.3 is 12.4 Å². The quantitative estimate of drug-likeness (QED) is 0.769. The van der Waals surface area contributed by atoms with Crippen LogP contribution >= 0.6 is 0 Å². The van der Waals surface area contributed by atoms with Crippen molar-refractivity contribution in [3.8, 4) is 0 Å². The Hall–Kier alpha value is -1.29. The minimum atomic E-state index is -5.09. The number of hydrogen-bond acceptors (Lipinski definition) is 2. The van der Waals surface area contributed by atoms with E-state index < -0.39 is 44.4 Å². The van der Waals surface area contributed by atoms with E-state index in [9.17, 15) is 34.8 Å². The Labute approximate surface area is 141 Å². The predicted octanol–water partition coefficient (Wildman–Crippen LogP) is 4.58. The fourth-order valence-corrected chi connectivity index (χ4v) is 4.29. The van der Waals surface area contributed by atoms with Gasteiger partial charge in [-0.2, -0.15) is 26.3 Å². The summed E-state index contributed by atoms with van der Waals surface area (Å²) in [5.41, 5.74) is -3.31. The molecule has 0 radical (unpaired) electrons. The summed E-state index contributed by atoms with van der Waals surface area (Å²) < 4.78 is 104. The van der Waals surface area contributed by atoms with Crippen LogP contribution in [0.25, 0.3) is 0 Å². The number of benzene rings is 1. The molecule has 3 nitrogen and oxygen atoms in total. The van der Waals surface area contributed by atoms with Gasteiger partial charge in [-0.25, -0.2) is 13.1 Å². The fraction of sp³-hybridized carbons (Fsp3) is 0.600. The Morgan fingerprint density at radius 1 is 0.920 bits per heavy atom. The average Bonchev–Trinajstić information content (AvgIpc) is 2.47. The molecule has 25 heavy (non-hydrogen) atoms. The third-order valence-electron chi connectivity index (χ3n) is 4.29. The van der Waals surface area contributed by atoms with Crippen molar-refractivity contribution in [3.05, 3.63) is 29.3 Å². The van der Waals surface area contributed by atoms with Crippen LogP contribution in [0.2, 0.25) is 0 Å². The lowest BCUT2D eigenvalue weighted by Gasteiger charge is -2.29. The summed E-state index contributed by atoms with van der Waals surface area (Å²) in [6.07, 6.45) is -7.31. The van der Waals surface area contributed by atoms with Gasteiger partial charge in [0.05, 0.1) is 16.0 Å². The van der Waals surface area contributed by atoms with Gasteiger partial charge in [0.2, 0.25) is 10.0 Å². The zero-order chi connectivity index (χ0) is 19.0. The second-order valence-corrected chi connectivity index (χ2v) is 7.95. The molecule has 0 amide bonds. The van der Waals surface area contributed by atoms with Gasteiger partial charge < -0.3 is 0 Å². The smallest absolute Gasteiger partial charge is 0.208 e. The van der Waals surface area contributed by atoms with Gasteiger partial charge in [0.15, 0.2) is 0 Å². The highest BCUT2D eigenvalue weighted by Gasteiger charge is 2.38. The highest BCUT2D eigenvalue weighted by Crippen LogP contribution is 2.37. The molecule has 1 aromatic carbocycles. The molecule has 0 aromatic heterocycles. The van der Waals surface area contributed by atoms with Crippen molar-refractivity contribution in [2.45, 2.75) is 55.9 Å². The van der Waals surface area contributed by atoms with E-state index in [4.69, 9.17) is 0 Å². The highest BCUT2D eigenvalue weighted by atomic mass is 32.2. The van der Waals surface area contributed by atoms with Gasteiger partial charge in [0.25, 0.3) is 0 Å². The summed E-state index contributed by atoms with van der Waals surface area (Å²) in [5.74, 6) is -0.0450. The molecule has 0 heterocycles. The summed E-state index contributed by atoms with van der Waals surface area (Å²) in [6, 6.07) is -0.152. The average molecular weight is 389 g/mol. The van der Waals surface area contributed by atoms with Crippen LogP contribution in [0.15, 0.2) is 23.1 Å². The number of nitrogens with one attached hydrogen (secondary N) is 1. The van der Waals surface area contributed by atoms with Crippen molar-refractivity contribution in [3.63, 3.8) is 0 Å². The van der Waals surface area contributed by atoms with Crippen molar-refractivity contribution in [1.29, 1.82) is 0 Å². The molecule has 0 bridgehead atoms. The van der Waals surface area contributed by atoms with E-state index in [1.54, 1.807) is 6.92 Å². The third-order valence-corrected chi connectivity index (χ3v) is 5.76. The van der Waals surface area contributed by atoms with E-state index >= 15 is 0 Å². The Balaban J connectivity index is 2.45. The molecule has 0 spiro atoms. The summed E-state index contributed by atoms with van der Waals surface area (Å²) in [7, 11) is -4.51. The van der Waals surface area contributed by atoms with Gasteiger partial charge in [-0.1, -0.05) is 19.8 Å². The van der Waals surface area contributed by atoms with Gasteiger partial charge in [0.1, 0.15) is 0 Å². The summed E-state index contributed by atoms with van der Waals surface area (Å²) in [4.78, 5) is -1.03. The number of alkyl halides is 6. The molecule has 10 heteroatoms. The SMILES string of the molecule is CC1CCCCC1NS(=O)(=O)c1cc(C(F)(F)F)cc(C(F)(F)F)c1. The van der Waals surface area contributed by atoms with Crippen LogP contribution in [0.4, 0.5) is 26.3 Å². The molecule has 1 aliphatic carbocycles. The molecule has 0 aliphatic heterocycles. The lowest BCUT2D eigenvalue weighted by molar-refractivity contribution is -0.143. The molecule has 1 saturated carbocycles. The molecule has 2 unspecified atom stereocenters. The van der Waals surface area contributed by atoms with E-state index in [0.717, 1.165) is 19.3 Å². The maximum Gasteiger partial charge on any atom is 0.416 e. The summed E-state index contributed by atoms with van der Waals surface area (Å²) >= 11 is 0. The maximum atomic E-state index is 12.9. The van der Waals surface area contributed by atoms with Gasteiger partial charge in [-0.3, -0.25) is 0 Å². The number of sulfonamides is 1. The standard InChI is InChI=1S/C15H17F6NO2S/c1-9-4-2-3-5-13(9)22-25(23,24)12-7-10(14(16,17)18)6-11(8-12)15(19,20)21/h6-9,13,22H,2-5H2,1H3. The van der Waals surface area contributed by atoms with E-state index in [1.807, 2.05) is 0 Å². The van der Waals surface area contributed by atoms with Gasteiger partial charge in [-0.05, 0) is 37.0 Å². The van der Waals surface area contributed by atoms with Crippen molar-refractivity contribution in [1.82, 2.24) is 4.72 Å². The van der Waals surface area contributed by atoms with E-state index in [-0.39, 0.29) is 24.1 Å². The summed E-state index contributed by atoms with van der Waals surface area (Å²) in [6.45, 7) is 1.79. The second-order valence-electron chi connectivity index (χ2n) is 6.23. The first-order valence-corrected chi connectivity index (χ1v) is 9.11. The minimum absolute atomic E-state index is 0.0450. The van der Waals surface area contributed by atoms with Crippen LogP contribution < -0.4 is 4.72 Å². The Bertz CT molecular complexity index is 694. The van der Waals surface area contributed by atoms with Crippen LogP contribution in [0.1, 0.15) is 43.7 Å². The lowest BCUT2D eigenvalue weighted by atomic mass is 9.87. The van der Waals surface area contributed by atoms with Crippen LogP contribution in [0.3, 0.4) is 0 Å². The molecular formula is C15H17F6NO2S. The molecule has 2 rings (SSSR count). The summed E-state index contributed by atoms with van der Waals surface area (Å²) in [5, 5.41) is 0. The molecule has 1 aromatic rings. The van der Waals surface area contributed by atoms with E-state index in [0.29, 0.717) is 6.42 Å². The van der Waals surface area contributed by atoms with Crippen LogP contribution in [-0.2, 0) is 22.4 Å². The normalized spacial score (nSPS) is 22.8. The van der Waals surface area contributed by atoms with E-state index in [2.05, 4.69) is 4.72 Å². The van der Waals surface area contributed by atoms with Crippen molar-refractivity contribution in [2.75, 3.05) is 0 Å². The molecule has 2 atom stereocenters. The molecule has 0 saturated heterocycles. The van der Waals surface area contributed by atoms with Crippen LogP contribution in [-0.4, -0.2) is 14.5 Å². The van der Waals surface area contributed by atoms with Crippen molar-refractivity contribution >= 4 is 10.0 Å². The zero-order valence-electron chi connectivity index (χ0n) is 13.2. The number of rotatable bonds is 3. The van der Waals surface area contributed by atoms with Gasteiger partial charge in [-0.15, -0.1) is 0 Å². The van der Waals surface area contributed by atoms with Crippen molar-refractivity contribution in [2.24, 2.45) is 5.92 Å². The zero-order valence-corrected chi connectivity index (χ0v) is 14.0. The highest BCUT2D eigenvalue weighted by molar-refractivity contribution is 7.89. The topological polar surface area (TPSA) is 46.2 Å². The largest absolute Gasteiger partial charge is 0.416 e. The first-order valence-electron chi connectivity index (χ1n) is 7.62. The number of halogens is 6. The lowest BCUT2D eigenvalue weighted by Crippen LogP contribution is -2.41. The molecule has 1 N–H and O–H groups in total. The van der Waals surface area contributed by atoms with Gasteiger partial charge in [0, 0.05) is 6.04 Å². The maximum absolute atomic E-state index is 12.9. The fourth-order valence-electron chi connectivity index (χ4n) is 2.84. The first-order chi connectivity index (χ1) is 11.3. The number of hydrogen-bond donors (Lipinski definition) is 1. The van der Waals surface area contributed by atoms with Crippen LogP contribution in [0.5, 0.6) is 0 Å². The third kappa shape index (κ3) is 4.87. The molecule has 1 aliphatic rings. The predicted molar refractivity (Wildman–Crippen MR) is 78.2 cm³/mol.